The molecule has 0 spiro atoms. The zero-order valence-electron chi connectivity index (χ0n) is 11.3. The van der Waals surface area contributed by atoms with E-state index in [0.29, 0.717) is 12.3 Å². The molecule has 1 atom stereocenters. The van der Waals surface area contributed by atoms with Crippen molar-refractivity contribution in [2.75, 3.05) is 0 Å². The SMILES string of the molecule is CCCC(C)NC(=O)c1ccc(Cn2cccn2)o1. The minimum absolute atomic E-state index is 0.160. The van der Waals surface area contributed by atoms with E-state index >= 15 is 0 Å². The maximum Gasteiger partial charge on any atom is 0.287 e. The molecule has 0 aliphatic carbocycles. The minimum atomic E-state index is -0.160. The first-order chi connectivity index (χ1) is 9.19. The molecule has 0 aliphatic rings. The van der Waals surface area contributed by atoms with Crippen LogP contribution in [0.1, 0.15) is 43.0 Å². The van der Waals surface area contributed by atoms with Crippen LogP contribution in [0.2, 0.25) is 0 Å². The first kappa shape index (κ1) is 13.4. The molecule has 0 fully saturated rings. The summed E-state index contributed by atoms with van der Waals surface area (Å²) in [5.41, 5.74) is 0. The molecular weight excluding hydrogens is 242 g/mol. The average Bonchev–Trinajstić information content (AvgIpc) is 3.01. The topological polar surface area (TPSA) is 60.1 Å². The number of hydrogen-bond acceptors (Lipinski definition) is 3. The summed E-state index contributed by atoms with van der Waals surface area (Å²) in [4.78, 5) is 11.9. The van der Waals surface area contributed by atoms with Gasteiger partial charge >= 0.3 is 0 Å². The summed E-state index contributed by atoms with van der Waals surface area (Å²) < 4.78 is 7.28. The fourth-order valence-electron chi connectivity index (χ4n) is 1.94. The van der Waals surface area contributed by atoms with Crippen LogP contribution in [0.5, 0.6) is 0 Å². The van der Waals surface area contributed by atoms with Gasteiger partial charge in [-0.3, -0.25) is 9.48 Å². The molecule has 5 nitrogen and oxygen atoms in total. The highest BCUT2D eigenvalue weighted by molar-refractivity contribution is 5.91. The van der Waals surface area contributed by atoms with E-state index in [4.69, 9.17) is 4.42 Å². The van der Waals surface area contributed by atoms with Crippen LogP contribution >= 0.6 is 0 Å². The van der Waals surface area contributed by atoms with Crippen LogP contribution in [0, 0.1) is 0 Å². The van der Waals surface area contributed by atoms with Gasteiger partial charge in [-0.15, -0.1) is 0 Å². The monoisotopic (exact) mass is 261 g/mol. The van der Waals surface area contributed by atoms with Gasteiger partial charge in [-0.05, 0) is 31.5 Å². The fourth-order valence-corrected chi connectivity index (χ4v) is 1.94. The van der Waals surface area contributed by atoms with E-state index in [2.05, 4.69) is 17.3 Å². The van der Waals surface area contributed by atoms with Crippen LogP contribution in [-0.4, -0.2) is 21.7 Å². The second kappa shape index (κ2) is 6.22. The smallest absolute Gasteiger partial charge is 0.287 e. The van der Waals surface area contributed by atoms with E-state index in [-0.39, 0.29) is 11.9 Å². The third kappa shape index (κ3) is 3.71. The lowest BCUT2D eigenvalue weighted by molar-refractivity contribution is 0.0908. The highest BCUT2D eigenvalue weighted by atomic mass is 16.4. The zero-order chi connectivity index (χ0) is 13.7. The van der Waals surface area contributed by atoms with Crippen molar-refractivity contribution >= 4 is 5.91 Å². The van der Waals surface area contributed by atoms with Gasteiger partial charge in [0.25, 0.3) is 5.91 Å². The summed E-state index contributed by atoms with van der Waals surface area (Å²) in [6.45, 7) is 4.62. The number of nitrogens with one attached hydrogen (secondary N) is 1. The van der Waals surface area contributed by atoms with E-state index in [1.54, 1.807) is 23.0 Å². The Hall–Kier alpha value is -2.04. The maximum absolute atomic E-state index is 11.9. The van der Waals surface area contributed by atoms with Gasteiger partial charge in [-0.25, -0.2) is 0 Å². The number of amides is 1. The van der Waals surface area contributed by atoms with Crippen LogP contribution in [0.3, 0.4) is 0 Å². The van der Waals surface area contributed by atoms with Crippen molar-refractivity contribution in [2.45, 2.75) is 39.3 Å². The molecule has 102 valence electrons. The summed E-state index contributed by atoms with van der Waals surface area (Å²) in [5.74, 6) is 0.912. The number of furan rings is 1. The largest absolute Gasteiger partial charge is 0.454 e. The van der Waals surface area contributed by atoms with Crippen LogP contribution in [0.4, 0.5) is 0 Å². The Kier molecular flexibility index (Phi) is 4.39. The molecule has 1 amide bonds. The Morgan fingerprint density at radius 3 is 3.05 bits per heavy atom. The molecule has 2 heterocycles. The first-order valence-electron chi connectivity index (χ1n) is 6.56. The second-order valence-corrected chi connectivity index (χ2v) is 4.63. The Balaban J connectivity index is 1.94. The Labute approximate surface area is 112 Å². The molecule has 0 saturated heterocycles. The molecule has 1 N–H and O–H groups in total. The van der Waals surface area contributed by atoms with E-state index in [1.807, 2.05) is 19.2 Å². The van der Waals surface area contributed by atoms with Crippen molar-refractivity contribution in [3.05, 3.63) is 42.1 Å². The van der Waals surface area contributed by atoms with E-state index in [0.717, 1.165) is 18.6 Å². The normalized spacial score (nSPS) is 12.3. The molecule has 2 aromatic heterocycles. The Bertz CT molecular complexity index is 517. The van der Waals surface area contributed by atoms with Crippen LogP contribution in [0.25, 0.3) is 0 Å². The fraction of sp³-hybridized carbons (Fsp3) is 0.429. The van der Waals surface area contributed by atoms with Crippen molar-refractivity contribution in [2.24, 2.45) is 0 Å². The van der Waals surface area contributed by atoms with Gasteiger partial charge in [-0.2, -0.15) is 5.10 Å². The number of rotatable bonds is 6. The maximum atomic E-state index is 11.9. The van der Waals surface area contributed by atoms with Crippen LogP contribution in [0.15, 0.2) is 35.0 Å². The summed E-state index contributed by atoms with van der Waals surface area (Å²) >= 11 is 0. The van der Waals surface area contributed by atoms with Gasteiger partial charge in [0.05, 0.1) is 6.54 Å². The zero-order valence-corrected chi connectivity index (χ0v) is 11.3. The van der Waals surface area contributed by atoms with Crippen molar-refractivity contribution in [1.29, 1.82) is 0 Å². The minimum Gasteiger partial charge on any atom is -0.454 e. The molecule has 0 radical (unpaired) electrons. The predicted molar refractivity (Wildman–Crippen MR) is 71.9 cm³/mol. The van der Waals surface area contributed by atoms with Gasteiger partial charge in [-0.1, -0.05) is 13.3 Å². The van der Waals surface area contributed by atoms with Gasteiger partial charge in [0.2, 0.25) is 0 Å². The number of aromatic nitrogens is 2. The van der Waals surface area contributed by atoms with Gasteiger partial charge in [0, 0.05) is 18.4 Å². The summed E-state index contributed by atoms with van der Waals surface area (Å²) in [6.07, 6.45) is 5.57. The molecular formula is C14H19N3O2. The predicted octanol–water partition coefficient (Wildman–Crippen LogP) is 2.44. The molecule has 2 rings (SSSR count). The second-order valence-electron chi connectivity index (χ2n) is 4.63. The van der Waals surface area contributed by atoms with Crippen molar-refractivity contribution in [1.82, 2.24) is 15.1 Å². The van der Waals surface area contributed by atoms with Crippen molar-refractivity contribution in [3.8, 4) is 0 Å². The quantitative estimate of drug-likeness (QED) is 0.868. The average molecular weight is 261 g/mol. The van der Waals surface area contributed by atoms with Crippen LogP contribution < -0.4 is 5.32 Å². The van der Waals surface area contributed by atoms with Crippen molar-refractivity contribution < 1.29 is 9.21 Å². The standard InChI is InChI=1S/C14H19N3O2/c1-3-5-11(2)16-14(18)13-7-6-12(19-13)10-17-9-4-8-15-17/h4,6-9,11H,3,5,10H2,1-2H3,(H,16,18). The molecule has 0 aromatic carbocycles. The highest BCUT2D eigenvalue weighted by Gasteiger charge is 2.13. The molecule has 0 aliphatic heterocycles. The Morgan fingerprint density at radius 2 is 2.37 bits per heavy atom. The summed E-state index contributed by atoms with van der Waals surface area (Å²) in [5, 5.41) is 7.01. The first-order valence-corrected chi connectivity index (χ1v) is 6.56. The van der Waals surface area contributed by atoms with E-state index in [9.17, 15) is 4.79 Å². The molecule has 0 saturated carbocycles. The van der Waals surface area contributed by atoms with Crippen molar-refractivity contribution in [3.63, 3.8) is 0 Å². The lowest BCUT2D eigenvalue weighted by atomic mass is 10.2. The molecule has 0 bridgehead atoms. The number of hydrogen-bond donors (Lipinski definition) is 1. The number of carbonyl (C=O) groups is 1. The highest BCUT2D eigenvalue weighted by Crippen LogP contribution is 2.10. The third-order valence-electron chi connectivity index (χ3n) is 2.86. The van der Waals surface area contributed by atoms with E-state index < -0.39 is 0 Å². The van der Waals surface area contributed by atoms with Gasteiger partial charge < -0.3 is 9.73 Å². The molecule has 1 unspecified atom stereocenters. The molecule has 5 heteroatoms. The lowest BCUT2D eigenvalue weighted by Gasteiger charge is -2.10. The summed E-state index contributed by atoms with van der Waals surface area (Å²) in [6, 6.07) is 5.52. The number of carbonyl (C=O) groups excluding carboxylic acids is 1. The molecule has 19 heavy (non-hydrogen) atoms. The summed E-state index contributed by atoms with van der Waals surface area (Å²) in [7, 11) is 0. The lowest BCUT2D eigenvalue weighted by Crippen LogP contribution is -2.32. The van der Waals surface area contributed by atoms with Gasteiger partial charge in [0.15, 0.2) is 5.76 Å². The van der Waals surface area contributed by atoms with Crippen LogP contribution in [-0.2, 0) is 6.54 Å². The molecule has 2 aromatic rings. The Morgan fingerprint density at radius 1 is 1.53 bits per heavy atom. The van der Waals surface area contributed by atoms with Gasteiger partial charge in [0.1, 0.15) is 5.76 Å². The number of nitrogens with zero attached hydrogens (tertiary/aromatic N) is 2. The third-order valence-corrected chi connectivity index (χ3v) is 2.86. The van der Waals surface area contributed by atoms with E-state index in [1.165, 1.54) is 0 Å².